The van der Waals surface area contributed by atoms with Gasteiger partial charge in [-0.25, -0.2) is 28.5 Å². The van der Waals surface area contributed by atoms with E-state index in [1.54, 1.807) is 0 Å². The van der Waals surface area contributed by atoms with E-state index >= 15 is 0 Å². The van der Waals surface area contributed by atoms with Gasteiger partial charge >= 0.3 is 0 Å². The number of H-pyrrole nitrogens is 1. The van der Waals surface area contributed by atoms with Gasteiger partial charge in [0.2, 0.25) is 0 Å². The van der Waals surface area contributed by atoms with Crippen LogP contribution < -0.4 is 15.4 Å². The van der Waals surface area contributed by atoms with E-state index in [4.69, 9.17) is 28.1 Å². The van der Waals surface area contributed by atoms with Gasteiger partial charge in [0.05, 0.1) is 30.3 Å². The minimum atomic E-state index is -2.62. The highest BCUT2D eigenvalue weighted by molar-refractivity contribution is 7.69. The molecule has 35 heavy (non-hydrogen) atoms. The third-order valence-electron chi connectivity index (χ3n) is 6.26. The Bertz CT molecular complexity index is 1170. The van der Waals surface area contributed by atoms with E-state index in [2.05, 4.69) is 59.3 Å². The summed E-state index contributed by atoms with van der Waals surface area (Å²) in [5.74, 6) is 2.12. The lowest BCUT2D eigenvalue weighted by Gasteiger charge is -2.36. The predicted octanol–water partition coefficient (Wildman–Crippen LogP) is 2.73. The van der Waals surface area contributed by atoms with Crippen LogP contribution in [0.4, 0.5) is 5.82 Å². The molecular formula is C24H37N7O3S. The molecule has 4 heterocycles. The smallest absolute Gasteiger partial charge is 0.198 e. The zero-order valence-electron chi connectivity index (χ0n) is 21.0. The number of thiol groups is 1. The van der Waals surface area contributed by atoms with Crippen molar-refractivity contribution in [1.82, 2.24) is 25.3 Å². The molecule has 11 heteroatoms. The Morgan fingerprint density at radius 3 is 2.60 bits per heavy atom. The fourth-order valence-corrected chi connectivity index (χ4v) is 4.40. The van der Waals surface area contributed by atoms with Gasteiger partial charge < -0.3 is 19.9 Å². The number of hydrogen-bond acceptors (Lipinski definition) is 8. The number of rotatable bonds is 8. The lowest BCUT2D eigenvalue weighted by atomic mass is 9.98. The molecule has 0 radical (unpaired) electrons. The van der Waals surface area contributed by atoms with Crippen LogP contribution in [0.5, 0.6) is 0 Å². The molecule has 10 nitrogen and oxygen atoms in total. The summed E-state index contributed by atoms with van der Waals surface area (Å²) in [6, 6.07) is 8.72. The van der Waals surface area contributed by atoms with Crippen molar-refractivity contribution >= 4 is 27.7 Å². The first-order chi connectivity index (χ1) is 16.9. The number of hydrogen-bond donors (Lipinski definition) is 4. The van der Waals surface area contributed by atoms with Crippen LogP contribution in [0.3, 0.4) is 0 Å². The minimum Gasteiger partial charge on any atom is -0.377 e. The number of ether oxygens (including phenoxy) is 1. The predicted molar refractivity (Wildman–Crippen MR) is 140 cm³/mol. The van der Waals surface area contributed by atoms with Crippen LogP contribution in [0.25, 0.3) is 22.6 Å². The van der Waals surface area contributed by atoms with Crippen molar-refractivity contribution in [2.75, 3.05) is 31.7 Å². The van der Waals surface area contributed by atoms with Crippen molar-refractivity contribution in [1.29, 1.82) is 0 Å². The molecule has 3 aromatic rings. The number of fused-ring (bicyclic) bond motifs is 1. The summed E-state index contributed by atoms with van der Waals surface area (Å²) >= 11 is 0. The fraction of sp³-hybridized carbons (Fsp3) is 0.542. The number of aromatic amines is 1. The van der Waals surface area contributed by atoms with Gasteiger partial charge in [-0.05, 0) is 44.5 Å². The second-order valence-electron chi connectivity index (χ2n) is 8.56. The third-order valence-corrected chi connectivity index (χ3v) is 6.26. The molecule has 1 aliphatic heterocycles. The Hall–Kier alpha value is -2.60. The quantitative estimate of drug-likeness (QED) is 0.344. The van der Waals surface area contributed by atoms with Gasteiger partial charge in [0.1, 0.15) is 11.5 Å². The van der Waals surface area contributed by atoms with Gasteiger partial charge in [-0.1, -0.05) is 20.8 Å². The van der Waals surface area contributed by atoms with Crippen LogP contribution in [0, 0.1) is 0 Å². The monoisotopic (exact) mass is 503 g/mol. The highest BCUT2D eigenvalue weighted by Crippen LogP contribution is 2.29. The number of aromatic nitrogens is 4. The molecule has 1 saturated heterocycles. The first-order valence-electron chi connectivity index (χ1n) is 12.2. The van der Waals surface area contributed by atoms with Crippen LogP contribution in [0.2, 0.25) is 0 Å². The topological polar surface area (TPSA) is 139 Å². The van der Waals surface area contributed by atoms with Gasteiger partial charge in [0.25, 0.3) is 0 Å². The van der Waals surface area contributed by atoms with Gasteiger partial charge in [0.15, 0.2) is 16.7 Å². The third kappa shape index (κ3) is 6.97. The van der Waals surface area contributed by atoms with Crippen LogP contribution in [0.15, 0.2) is 24.3 Å². The highest BCUT2D eigenvalue weighted by atomic mass is 32.2. The zero-order valence-corrected chi connectivity index (χ0v) is 21.8. The van der Waals surface area contributed by atoms with E-state index in [9.17, 15) is 0 Å². The van der Waals surface area contributed by atoms with Crippen molar-refractivity contribution in [3.63, 3.8) is 0 Å². The maximum Gasteiger partial charge on any atom is 0.198 e. The lowest BCUT2D eigenvalue weighted by molar-refractivity contribution is 0.0925. The second kappa shape index (κ2) is 12.9. The van der Waals surface area contributed by atoms with Crippen LogP contribution >= 0.6 is 0 Å². The fourth-order valence-electron chi connectivity index (χ4n) is 4.40. The average Bonchev–Trinajstić information content (AvgIpc) is 3.26. The molecular weight excluding hydrogens is 466 g/mol. The normalized spacial score (nSPS) is 16.1. The summed E-state index contributed by atoms with van der Waals surface area (Å²) in [5.41, 5.74) is 5.02. The number of morpholine rings is 1. The van der Waals surface area contributed by atoms with Crippen LogP contribution in [-0.4, -0.2) is 61.2 Å². The van der Waals surface area contributed by atoms with Gasteiger partial charge in [-0.2, -0.15) is 0 Å². The molecule has 1 aliphatic rings. The number of nitrogens with one attached hydrogen (secondary N) is 2. The Labute approximate surface area is 208 Å². The molecule has 0 aliphatic carbocycles. The average molecular weight is 504 g/mol. The Morgan fingerprint density at radius 1 is 1.20 bits per heavy atom. The molecule has 3 aromatic heterocycles. The van der Waals surface area contributed by atoms with Gasteiger partial charge in [-0.15, -0.1) is 0 Å². The molecule has 1 fully saturated rings. The molecule has 192 valence electrons. The molecule has 4 rings (SSSR count). The van der Waals surface area contributed by atoms with Gasteiger partial charge in [-0.3, -0.25) is 0 Å². The Kier molecular flexibility index (Phi) is 9.96. The van der Waals surface area contributed by atoms with E-state index in [0.717, 1.165) is 79.5 Å². The summed E-state index contributed by atoms with van der Waals surface area (Å²) in [6.07, 6.45) is 3.15. The number of pyridine rings is 1. The van der Waals surface area contributed by atoms with Crippen molar-refractivity contribution in [2.45, 2.75) is 58.5 Å². The zero-order chi connectivity index (χ0) is 25.4. The molecule has 1 unspecified atom stereocenters. The van der Waals surface area contributed by atoms with E-state index in [1.807, 2.05) is 13.1 Å². The van der Waals surface area contributed by atoms with Crippen LogP contribution in [0.1, 0.15) is 57.3 Å². The number of nitrogens with two attached hydrogens (primary N) is 1. The summed E-state index contributed by atoms with van der Waals surface area (Å²) in [7, 11) is -0.678. The van der Waals surface area contributed by atoms with E-state index in [0.29, 0.717) is 17.8 Å². The maximum absolute atomic E-state index is 8.81. The SMILES string of the molecule is CCC(CC)c1cc(N2CCOCC2CC)nc(-c2ccc3[nH]c(CNC)cc3n2)n1.N[SH](=O)=O. The van der Waals surface area contributed by atoms with Crippen molar-refractivity contribution in [2.24, 2.45) is 5.14 Å². The first kappa shape index (κ1) is 27.0. The molecule has 0 spiro atoms. The lowest BCUT2D eigenvalue weighted by Crippen LogP contribution is -2.45. The molecule has 0 saturated carbocycles. The summed E-state index contributed by atoms with van der Waals surface area (Å²) in [5, 5.41) is 7.24. The standard InChI is InChI=1S/C24H34N6O.H3NO2S/c1-5-16(6-2)21-13-23(30-10-11-31-15-18(30)7-3)29-24(28-21)20-9-8-19-22(27-20)12-17(26-19)14-25-4;1-4(2)3/h8-9,12-13,16,18,25-26H,5-7,10-11,14-15H2,1-4H3;4H,(H2,1,2,3). The van der Waals surface area contributed by atoms with E-state index in [1.165, 1.54) is 0 Å². The molecule has 0 amide bonds. The first-order valence-corrected chi connectivity index (χ1v) is 13.4. The van der Waals surface area contributed by atoms with Crippen molar-refractivity contribution in [3.05, 3.63) is 35.7 Å². The summed E-state index contributed by atoms with van der Waals surface area (Å²) in [6.45, 7) is 9.79. The summed E-state index contributed by atoms with van der Waals surface area (Å²) < 4.78 is 23.4. The molecule has 0 aromatic carbocycles. The Morgan fingerprint density at radius 2 is 1.94 bits per heavy atom. The maximum atomic E-state index is 8.81. The van der Waals surface area contributed by atoms with Crippen molar-refractivity contribution in [3.8, 4) is 11.5 Å². The van der Waals surface area contributed by atoms with E-state index in [-0.39, 0.29) is 0 Å². The Balaban J connectivity index is 0.000000795. The van der Waals surface area contributed by atoms with Crippen molar-refractivity contribution < 1.29 is 13.2 Å². The molecule has 1 atom stereocenters. The second-order valence-corrected chi connectivity index (χ2v) is 9.13. The summed E-state index contributed by atoms with van der Waals surface area (Å²) in [4.78, 5) is 20.7. The van der Waals surface area contributed by atoms with Gasteiger partial charge in [0, 0.05) is 36.5 Å². The number of nitrogens with zero attached hydrogens (tertiary/aromatic N) is 4. The molecule has 0 bridgehead atoms. The highest BCUT2D eigenvalue weighted by Gasteiger charge is 2.25. The largest absolute Gasteiger partial charge is 0.377 e. The molecule has 4 N–H and O–H groups in total. The minimum absolute atomic E-state index is 0.343. The van der Waals surface area contributed by atoms with Crippen LogP contribution in [-0.2, 0) is 22.2 Å². The van der Waals surface area contributed by atoms with E-state index < -0.39 is 10.9 Å². The number of anilines is 1.